The topological polar surface area (TPSA) is 50.3 Å². The van der Waals surface area contributed by atoms with Gasteiger partial charge in [-0.15, -0.1) is 0 Å². The maximum absolute atomic E-state index is 9.24. The van der Waals surface area contributed by atoms with Crippen LogP contribution in [0.15, 0.2) is 232 Å². The molecule has 0 saturated carbocycles. The first-order valence-corrected chi connectivity index (χ1v) is 28.6. The van der Waals surface area contributed by atoms with Crippen molar-refractivity contribution in [2.45, 2.75) is 51.4 Å². The molecule has 0 atom stereocenters. The summed E-state index contributed by atoms with van der Waals surface area (Å²) >= 11 is 11.2. The van der Waals surface area contributed by atoms with Crippen LogP contribution in [0, 0.1) is 0 Å². The lowest BCUT2D eigenvalue weighted by Crippen LogP contribution is -2.29. The van der Waals surface area contributed by atoms with Crippen LogP contribution < -0.4 is 5.46 Å². The summed E-state index contributed by atoms with van der Waals surface area (Å²) in [6.07, 6.45) is 8.55. The molecule has 0 unspecified atom stereocenters. The molecule has 10 aromatic carbocycles. The highest BCUT2D eigenvalue weighted by atomic mass is 79.9. The second-order valence-corrected chi connectivity index (χ2v) is 22.6. The van der Waals surface area contributed by atoms with E-state index in [-0.39, 0.29) is 0 Å². The van der Waals surface area contributed by atoms with Crippen LogP contribution in [-0.2, 0) is 51.4 Å². The Hall–Kier alpha value is -6.78. The smallest absolute Gasteiger partial charge is 0.423 e. The molecular weight excluding hydrogens is 1130 g/mol. The molecule has 0 saturated heterocycles. The Morgan fingerprint density at radius 3 is 0.987 bits per heavy atom. The molecule has 0 fully saturated rings. The minimum absolute atomic E-state index is 0.490. The number of hydrogen-bond acceptors (Lipinski definition) is 2. The monoisotopic (exact) mass is 1180 g/mol. The van der Waals surface area contributed by atoms with E-state index in [4.69, 9.17) is 0 Å². The van der Waals surface area contributed by atoms with Crippen LogP contribution in [0.25, 0.3) is 66.1 Å². The molecule has 20 rings (SSSR count). The number of aryl methyl sites for hydroxylation is 8. The van der Waals surface area contributed by atoms with Gasteiger partial charge in [0.1, 0.15) is 0 Å². The maximum atomic E-state index is 9.24. The molecule has 0 aliphatic heterocycles. The molecule has 372 valence electrons. The zero-order valence-corrected chi connectivity index (χ0v) is 46.7. The van der Waals surface area contributed by atoms with Gasteiger partial charge in [-0.05, 0) is 179 Å². The highest BCUT2D eigenvalue weighted by molar-refractivity contribution is 9.11. The average Bonchev–Trinajstić information content (AvgIpc) is 4.03. The first-order chi connectivity index (χ1) is 37.2. The molecule has 8 aliphatic carbocycles. The van der Waals surface area contributed by atoms with Gasteiger partial charge in [0.2, 0.25) is 0 Å². The lowest BCUT2D eigenvalue weighted by molar-refractivity contribution is 0.426. The SMILES string of the molecule is Brc1cc2ccc1CCc1ccc(c(-c3ccc(-n4c5ccccc5c5ccccc54)cc3)c1)CC2.Brc1cc2ccc1CCc1ccc(c(Br)c1)CC2.OB(O)c1ccc(-n2c3ccccc3c3ccccc32)cc1. The lowest BCUT2D eigenvalue weighted by atomic mass is 9.80. The Labute approximate surface area is 469 Å². The number of rotatable bonds is 4. The van der Waals surface area contributed by atoms with Gasteiger partial charge in [0.15, 0.2) is 0 Å². The Morgan fingerprint density at radius 2 is 0.632 bits per heavy atom. The lowest BCUT2D eigenvalue weighted by Gasteiger charge is -2.16. The van der Waals surface area contributed by atoms with E-state index in [1.807, 2.05) is 36.4 Å². The normalized spacial score (nSPS) is 12.9. The minimum Gasteiger partial charge on any atom is -0.423 e. The van der Waals surface area contributed by atoms with E-state index >= 15 is 0 Å². The molecule has 8 heteroatoms. The van der Waals surface area contributed by atoms with Crippen molar-refractivity contribution in [3.8, 4) is 22.5 Å². The molecule has 0 spiro atoms. The average molecular weight is 1180 g/mol. The molecule has 2 aromatic heterocycles. The van der Waals surface area contributed by atoms with Gasteiger partial charge in [-0.2, -0.15) is 0 Å². The summed E-state index contributed by atoms with van der Waals surface area (Å²) in [5.41, 5.74) is 21.4. The number of para-hydroxylation sites is 4. The Bertz CT molecular complexity index is 3920. The molecule has 0 radical (unpaired) electrons. The van der Waals surface area contributed by atoms with Gasteiger partial charge in [-0.3, -0.25) is 0 Å². The second-order valence-electron chi connectivity index (χ2n) is 20.0. The number of halogens is 3. The summed E-state index contributed by atoms with van der Waals surface area (Å²) in [6.45, 7) is 0. The van der Waals surface area contributed by atoms with Crippen molar-refractivity contribution < 1.29 is 10.0 Å². The summed E-state index contributed by atoms with van der Waals surface area (Å²) < 4.78 is 8.34. The van der Waals surface area contributed by atoms with Crippen molar-refractivity contribution >= 4 is 104 Å². The van der Waals surface area contributed by atoms with E-state index < -0.39 is 7.12 Å². The standard InChI is InChI=1S/C34H26BrN.C18H14BNO2.C16H14Br2/c35-32-22-24-10-14-25-13-9-23(11-15-27(32)16-12-24)21-31(25)26-17-19-28(20-18-26)36-33-7-3-1-5-29(33)30-6-2-4-8-34(30)36;21-19(22)13-9-11-14(12-10-13)20-17-7-3-1-5-15(17)16-6-2-4-8-18(16)20;17-15-9-11-1-5-13(15)8-4-12-2-6-14(7-3-11)16(18)10-12/h1-9,12-13,16-22H,10-11,14-15H2;1-12,21-22H;1-2,5-6,9-10H,3-4,7-8H2. The Kier molecular flexibility index (Phi) is 14.5. The third-order valence-electron chi connectivity index (χ3n) is 15.3. The summed E-state index contributed by atoms with van der Waals surface area (Å²) in [4.78, 5) is 0. The predicted octanol–water partition coefficient (Wildman–Crippen LogP) is 16.7. The van der Waals surface area contributed by atoms with Crippen LogP contribution in [0.1, 0.15) is 44.5 Å². The predicted molar refractivity (Wildman–Crippen MR) is 329 cm³/mol. The minimum atomic E-state index is -1.44. The zero-order chi connectivity index (χ0) is 51.7. The quantitative estimate of drug-likeness (QED) is 0.173. The van der Waals surface area contributed by atoms with Crippen LogP contribution in [0.2, 0.25) is 0 Å². The van der Waals surface area contributed by atoms with Gasteiger partial charge < -0.3 is 19.2 Å². The van der Waals surface area contributed by atoms with E-state index in [0.717, 1.165) is 68.1 Å². The second kappa shape index (κ2) is 22.1. The van der Waals surface area contributed by atoms with Crippen LogP contribution in [0.5, 0.6) is 0 Å². The van der Waals surface area contributed by atoms with Gasteiger partial charge in [-0.1, -0.05) is 199 Å². The van der Waals surface area contributed by atoms with Gasteiger partial charge in [0, 0.05) is 46.3 Å². The fourth-order valence-electron chi connectivity index (χ4n) is 11.2. The molecular formula is C68H54BBr3N2O2. The number of aromatic nitrogens is 2. The van der Waals surface area contributed by atoms with Crippen LogP contribution in [0.3, 0.4) is 0 Å². The van der Waals surface area contributed by atoms with E-state index in [1.54, 1.807) is 12.1 Å². The van der Waals surface area contributed by atoms with E-state index in [1.165, 1.54) is 107 Å². The fraction of sp³-hybridized carbons (Fsp3) is 0.118. The molecule has 76 heavy (non-hydrogen) atoms. The van der Waals surface area contributed by atoms with Crippen LogP contribution in [-0.4, -0.2) is 26.3 Å². The Morgan fingerprint density at radius 1 is 0.316 bits per heavy atom. The fourth-order valence-corrected chi connectivity index (χ4v) is 13.1. The zero-order valence-electron chi connectivity index (χ0n) is 41.9. The van der Waals surface area contributed by atoms with Crippen molar-refractivity contribution in [1.29, 1.82) is 0 Å². The third-order valence-corrected chi connectivity index (χ3v) is 17.5. The molecule has 2 heterocycles. The number of nitrogens with zero attached hydrogens (tertiary/aromatic N) is 2. The van der Waals surface area contributed by atoms with E-state index in [0.29, 0.717) is 5.46 Å². The molecule has 2 N–H and O–H groups in total. The molecule has 8 bridgehead atoms. The third kappa shape index (κ3) is 10.3. The maximum Gasteiger partial charge on any atom is 0.488 e. The highest BCUT2D eigenvalue weighted by Gasteiger charge is 2.17. The van der Waals surface area contributed by atoms with Gasteiger partial charge in [-0.25, -0.2) is 0 Å². The summed E-state index contributed by atoms with van der Waals surface area (Å²) in [6, 6.07) is 78.1. The molecule has 0 amide bonds. The van der Waals surface area contributed by atoms with E-state index in [9.17, 15) is 10.0 Å². The highest BCUT2D eigenvalue weighted by Crippen LogP contribution is 2.36. The summed E-state index contributed by atoms with van der Waals surface area (Å²) in [5.74, 6) is 0. The Balaban J connectivity index is 0.000000124. The largest absolute Gasteiger partial charge is 0.488 e. The first kappa shape index (κ1) is 50.1. The van der Waals surface area contributed by atoms with Crippen molar-refractivity contribution in [2.75, 3.05) is 0 Å². The van der Waals surface area contributed by atoms with Crippen molar-refractivity contribution in [1.82, 2.24) is 9.13 Å². The number of hydrogen-bond donors (Lipinski definition) is 2. The number of benzene rings is 10. The summed E-state index contributed by atoms with van der Waals surface area (Å²) in [7, 11) is -1.44. The van der Waals surface area contributed by atoms with Gasteiger partial charge >= 0.3 is 7.12 Å². The van der Waals surface area contributed by atoms with Gasteiger partial charge in [0.25, 0.3) is 0 Å². The first-order valence-electron chi connectivity index (χ1n) is 26.2. The van der Waals surface area contributed by atoms with Crippen molar-refractivity contribution in [2.24, 2.45) is 0 Å². The molecule has 8 aliphatic rings. The van der Waals surface area contributed by atoms with Crippen molar-refractivity contribution in [3.63, 3.8) is 0 Å². The number of fused-ring (bicyclic) bond motifs is 6. The van der Waals surface area contributed by atoms with E-state index in [2.05, 4.69) is 227 Å². The molecule has 4 nitrogen and oxygen atoms in total. The van der Waals surface area contributed by atoms with Crippen LogP contribution in [0.4, 0.5) is 0 Å². The molecule has 12 aromatic rings. The van der Waals surface area contributed by atoms with Crippen molar-refractivity contribution in [3.05, 3.63) is 276 Å². The van der Waals surface area contributed by atoms with Gasteiger partial charge in [0.05, 0.1) is 22.1 Å². The van der Waals surface area contributed by atoms with Crippen LogP contribution >= 0.6 is 47.8 Å². The summed E-state index contributed by atoms with van der Waals surface area (Å²) in [5, 5.41) is 23.5.